The largest absolute Gasteiger partial charge is 0.495 e. The third-order valence-corrected chi connectivity index (χ3v) is 11.6. The SMILES string of the molecule is COC1=C(C=CC2=[N+](CCCCS)c3ccc4ccccc4c3C2(C)C)c2ccccc2C1=CC=C1Cc2c(ccc3ccccc23)CC1C. The smallest absolute Gasteiger partial charge is 0.210 e. The number of thiol groups is 1. The second kappa shape index (κ2) is 13.3. The fourth-order valence-corrected chi connectivity index (χ4v) is 8.97. The molecule has 0 saturated heterocycles. The molecule has 3 heteroatoms. The van der Waals surface area contributed by atoms with Crippen LogP contribution in [-0.2, 0) is 23.0 Å². The van der Waals surface area contributed by atoms with Crippen LogP contribution in [0.2, 0.25) is 0 Å². The highest BCUT2D eigenvalue weighted by atomic mass is 32.1. The Balaban J connectivity index is 1.21. The van der Waals surface area contributed by atoms with Crippen LogP contribution in [0.4, 0.5) is 5.69 Å². The lowest BCUT2D eigenvalue weighted by molar-refractivity contribution is -0.438. The number of hydrogen-bond donors (Lipinski definition) is 1. The van der Waals surface area contributed by atoms with Gasteiger partial charge < -0.3 is 4.74 Å². The van der Waals surface area contributed by atoms with E-state index < -0.39 is 0 Å². The summed E-state index contributed by atoms with van der Waals surface area (Å²) in [6, 6.07) is 35.6. The molecule has 50 heavy (non-hydrogen) atoms. The lowest BCUT2D eigenvalue weighted by atomic mass is 9.79. The normalized spacial score (nSPS) is 19.7. The van der Waals surface area contributed by atoms with E-state index >= 15 is 0 Å². The van der Waals surface area contributed by atoms with E-state index in [2.05, 4.69) is 159 Å². The zero-order valence-corrected chi connectivity index (χ0v) is 30.6. The van der Waals surface area contributed by atoms with E-state index in [9.17, 15) is 0 Å². The lowest BCUT2D eigenvalue weighted by Gasteiger charge is -2.26. The Hall–Kier alpha value is -4.60. The Morgan fingerprint density at radius 1 is 0.800 bits per heavy atom. The second-order valence-electron chi connectivity index (χ2n) is 14.6. The third-order valence-electron chi connectivity index (χ3n) is 11.3. The molecule has 0 amide bonds. The van der Waals surface area contributed by atoms with Crippen molar-refractivity contribution < 1.29 is 9.31 Å². The van der Waals surface area contributed by atoms with Crippen LogP contribution in [0, 0.1) is 5.92 Å². The average molecular weight is 673 g/mol. The van der Waals surface area contributed by atoms with Crippen LogP contribution in [0.25, 0.3) is 32.7 Å². The van der Waals surface area contributed by atoms with E-state index in [-0.39, 0.29) is 5.41 Å². The number of unbranched alkanes of at least 4 members (excludes halogenated alkanes) is 1. The highest BCUT2D eigenvalue weighted by Gasteiger charge is 2.45. The molecule has 0 radical (unpaired) electrons. The Morgan fingerprint density at radius 2 is 1.50 bits per heavy atom. The van der Waals surface area contributed by atoms with Gasteiger partial charge in [0, 0.05) is 35.3 Å². The third kappa shape index (κ3) is 5.47. The molecule has 250 valence electrons. The predicted octanol–water partition coefficient (Wildman–Crippen LogP) is 11.5. The maximum Gasteiger partial charge on any atom is 0.210 e. The van der Waals surface area contributed by atoms with Gasteiger partial charge >= 0.3 is 0 Å². The standard InChI is InChI=1S/C47H45NOS/c1-31-29-35-20-19-32-13-5-7-15-36(32)42(35)30-34(31)21-23-40-38-17-9-10-18-39(38)41(46(40)49-4)24-26-44-47(2,3)45-37-16-8-6-14-33(37)22-25-43(45)48(44)27-11-12-28-50/h5-10,13-26,31H,11-12,27-30H2,1-4H3/p+1. The van der Waals surface area contributed by atoms with Crippen LogP contribution in [0.15, 0.2) is 133 Å². The Bertz CT molecular complexity index is 2310. The van der Waals surface area contributed by atoms with Gasteiger partial charge in [0.05, 0.1) is 12.5 Å². The molecule has 5 aromatic rings. The van der Waals surface area contributed by atoms with Crippen molar-refractivity contribution in [3.8, 4) is 0 Å². The quantitative estimate of drug-likeness (QED) is 0.0983. The van der Waals surface area contributed by atoms with Crippen LogP contribution in [0.5, 0.6) is 0 Å². The number of methoxy groups -OCH3 is 1. The van der Waals surface area contributed by atoms with Crippen molar-refractivity contribution in [2.45, 2.75) is 51.9 Å². The summed E-state index contributed by atoms with van der Waals surface area (Å²) < 4.78 is 8.85. The van der Waals surface area contributed by atoms with E-state index in [0.29, 0.717) is 5.92 Å². The molecule has 8 rings (SSSR count). The van der Waals surface area contributed by atoms with Gasteiger partial charge in [0.15, 0.2) is 5.71 Å². The van der Waals surface area contributed by atoms with Gasteiger partial charge in [-0.2, -0.15) is 17.2 Å². The molecule has 5 aromatic carbocycles. The van der Waals surface area contributed by atoms with Gasteiger partial charge in [-0.15, -0.1) is 0 Å². The van der Waals surface area contributed by atoms with Crippen LogP contribution in [0.1, 0.15) is 61.4 Å². The predicted molar refractivity (Wildman–Crippen MR) is 216 cm³/mol. The van der Waals surface area contributed by atoms with Crippen molar-refractivity contribution in [2.24, 2.45) is 5.92 Å². The minimum absolute atomic E-state index is 0.166. The van der Waals surface area contributed by atoms with Gasteiger partial charge in [-0.05, 0) is 101 Å². The number of ether oxygens (including phenoxy) is 1. The first-order valence-electron chi connectivity index (χ1n) is 18.2. The molecule has 1 atom stereocenters. The number of nitrogens with zero attached hydrogens (tertiary/aromatic N) is 1. The van der Waals surface area contributed by atoms with E-state index in [1.807, 2.05) is 7.11 Å². The molecule has 0 fully saturated rings. The monoisotopic (exact) mass is 672 g/mol. The highest BCUT2D eigenvalue weighted by Crippen LogP contribution is 2.46. The summed E-state index contributed by atoms with van der Waals surface area (Å²) in [7, 11) is 1.82. The minimum Gasteiger partial charge on any atom is -0.495 e. The molecule has 0 aromatic heterocycles. The van der Waals surface area contributed by atoms with E-state index in [4.69, 9.17) is 4.74 Å². The summed E-state index contributed by atoms with van der Waals surface area (Å²) in [6.45, 7) is 8.11. The van der Waals surface area contributed by atoms with Crippen molar-refractivity contribution in [3.05, 3.63) is 161 Å². The molecule has 0 bridgehead atoms. The molecule has 0 spiro atoms. The number of benzene rings is 5. The molecule has 0 saturated carbocycles. The average Bonchev–Trinajstić information content (AvgIpc) is 3.56. The van der Waals surface area contributed by atoms with Gasteiger partial charge in [0.2, 0.25) is 5.69 Å². The first-order chi connectivity index (χ1) is 24.4. The fraction of sp³-hybridized carbons (Fsp3) is 0.255. The minimum atomic E-state index is -0.166. The van der Waals surface area contributed by atoms with Crippen LogP contribution in [0.3, 0.4) is 0 Å². The Morgan fingerprint density at radius 3 is 2.28 bits per heavy atom. The van der Waals surface area contributed by atoms with E-state index in [0.717, 1.165) is 54.9 Å². The summed E-state index contributed by atoms with van der Waals surface area (Å²) in [5.41, 5.74) is 13.1. The van der Waals surface area contributed by atoms with Gasteiger partial charge in [0.1, 0.15) is 12.3 Å². The van der Waals surface area contributed by atoms with Crippen molar-refractivity contribution >= 4 is 56.7 Å². The number of rotatable bonds is 8. The topological polar surface area (TPSA) is 12.2 Å². The van der Waals surface area contributed by atoms with Crippen LogP contribution < -0.4 is 0 Å². The van der Waals surface area contributed by atoms with Gasteiger partial charge in [-0.3, -0.25) is 0 Å². The summed E-state index contributed by atoms with van der Waals surface area (Å²) in [5.74, 6) is 2.33. The van der Waals surface area contributed by atoms with Gasteiger partial charge in [0.25, 0.3) is 0 Å². The van der Waals surface area contributed by atoms with Gasteiger partial charge in [-0.1, -0.05) is 110 Å². The fourth-order valence-electron chi connectivity index (χ4n) is 8.75. The van der Waals surface area contributed by atoms with Crippen molar-refractivity contribution in [2.75, 3.05) is 19.4 Å². The van der Waals surface area contributed by atoms with Crippen LogP contribution in [-0.4, -0.2) is 29.7 Å². The maximum atomic E-state index is 6.29. The summed E-state index contributed by atoms with van der Waals surface area (Å²) in [5, 5.41) is 5.34. The zero-order valence-electron chi connectivity index (χ0n) is 29.7. The van der Waals surface area contributed by atoms with Crippen molar-refractivity contribution in [1.29, 1.82) is 0 Å². The molecular formula is C47H46NOS+. The molecular weight excluding hydrogens is 627 g/mol. The first-order valence-corrected chi connectivity index (χ1v) is 18.8. The summed E-state index contributed by atoms with van der Waals surface area (Å²) in [4.78, 5) is 0. The van der Waals surface area contributed by atoms with Crippen molar-refractivity contribution in [3.63, 3.8) is 0 Å². The molecule has 1 heterocycles. The number of fused-ring (bicyclic) bond motifs is 7. The van der Waals surface area contributed by atoms with Crippen LogP contribution >= 0.6 is 12.6 Å². The number of hydrogen-bond acceptors (Lipinski definition) is 2. The molecule has 2 nitrogen and oxygen atoms in total. The first kappa shape index (κ1) is 32.6. The molecule has 3 aliphatic rings. The molecule has 2 aliphatic carbocycles. The summed E-state index contributed by atoms with van der Waals surface area (Å²) >= 11 is 4.53. The highest BCUT2D eigenvalue weighted by molar-refractivity contribution is 7.80. The zero-order chi connectivity index (χ0) is 34.4. The lowest BCUT2D eigenvalue weighted by Crippen LogP contribution is -2.28. The number of allylic oxidation sites excluding steroid dienone is 7. The van der Waals surface area contributed by atoms with E-state index in [1.54, 1.807) is 0 Å². The molecule has 1 unspecified atom stereocenters. The molecule has 0 N–H and O–H groups in total. The Kier molecular flexibility index (Phi) is 8.65. The Labute approximate surface area is 302 Å². The maximum absolute atomic E-state index is 6.29. The molecule has 1 aliphatic heterocycles. The van der Waals surface area contributed by atoms with Crippen molar-refractivity contribution in [1.82, 2.24) is 0 Å². The second-order valence-corrected chi connectivity index (χ2v) is 15.1. The van der Waals surface area contributed by atoms with Gasteiger partial charge in [-0.25, -0.2) is 0 Å². The summed E-state index contributed by atoms with van der Waals surface area (Å²) in [6.07, 6.45) is 13.6. The van der Waals surface area contributed by atoms with E-state index in [1.165, 1.54) is 66.3 Å².